The minimum atomic E-state index is -0.156. The van der Waals surface area contributed by atoms with Crippen LogP contribution >= 0.6 is 15.9 Å². The van der Waals surface area contributed by atoms with E-state index in [1.165, 1.54) is 0 Å². The summed E-state index contributed by atoms with van der Waals surface area (Å²) in [6, 6.07) is 7.63. The summed E-state index contributed by atoms with van der Waals surface area (Å²) in [5.41, 5.74) is 1.56. The molecule has 0 radical (unpaired) electrons. The summed E-state index contributed by atoms with van der Waals surface area (Å²) in [4.78, 5) is 0. The Balaban J connectivity index is 2.99. The molecule has 3 heteroatoms. The Morgan fingerprint density at radius 2 is 2.13 bits per heavy atom. The lowest BCUT2D eigenvalue weighted by Crippen LogP contribution is -2.20. The van der Waals surface area contributed by atoms with Crippen LogP contribution in [0.1, 0.15) is 25.0 Å². The molecule has 0 fully saturated rings. The van der Waals surface area contributed by atoms with Gasteiger partial charge < -0.3 is 5.11 Å². The van der Waals surface area contributed by atoms with Gasteiger partial charge in [0.05, 0.1) is 11.6 Å². The van der Waals surface area contributed by atoms with Crippen molar-refractivity contribution >= 4 is 15.9 Å². The van der Waals surface area contributed by atoms with E-state index in [-0.39, 0.29) is 12.0 Å². The van der Waals surface area contributed by atoms with Gasteiger partial charge in [0.15, 0.2) is 0 Å². The smallest absolute Gasteiger partial charge is 0.0991 e. The highest BCUT2D eigenvalue weighted by Gasteiger charge is 2.18. The van der Waals surface area contributed by atoms with Crippen molar-refractivity contribution in [3.8, 4) is 6.07 Å². The molecule has 1 aromatic rings. The van der Waals surface area contributed by atoms with Crippen LogP contribution in [0.2, 0.25) is 0 Å². The maximum absolute atomic E-state index is 9.19. The molecule has 0 saturated heterocycles. The summed E-state index contributed by atoms with van der Waals surface area (Å²) in [6.45, 7) is 4.13. The van der Waals surface area contributed by atoms with Crippen LogP contribution < -0.4 is 0 Å². The number of aliphatic hydroxyl groups is 1. The second-order valence-electron chi connectivity index (χ2n) is 4.42. The van der Waals surface area contributed by atoms with E-state index in [2.05, 4.69) is 22.0 Å². The van der Waals surface area contributed by atoms with Gasteiger partial charge in [-0.05, 0) is 35.6 Å². The third-order valence-corrected chi connectivity index (χ3v) is 3.05. The minimum absolute atomic E-state index is 0.135. The van der Waals surface area contributed by atoms with Gasteiger partial charge >= 0.3 is 0 Å². The molecule has 0 aromatic heterocycles. The molecule has 15 heavy (non-hydrogen) atoms. The molecule has 0 amide bonds. The van der Waals surface area contributed by atoms with Gasteiger partial charge in [0, 0.05) is 11.1 Å². The van der Waals surface area contributed by atoms with Crippen molar-refractivity contribution in [3.05, 3.63) is 33.8 Å². The second-order valence-corrected chi connectivity index (χ2v) is 5.27. The van der Waals surface area contributed by atoms with Crippen LogP contribution in [-0.4, -0.2) is 11.7 Å². The zero-order valence-corrected chi connectivity index (χ0v) is 10.5. The van der Waals surface area contributed by atoms with Crippen molar-refractivity contribution in [1.29, 1.82) is 5.26 Å². The molecule has 0 heterocycles. The number of benzene rings is 1. The van der Waals surface area contributed by atoms with Crippen LogP contribution in [0.25, 0.3) is 0 Å². The number of nitrogens with zero attached hydrogens (tertiary/aromatic N) is 1. The maximum Gasteiger partial charge on any atom is 0.0991 e. The molecule has 0 unspecified atom stereocenters. The number of hydrogen-bond acceptors (Lipinski definition) is 2. The Kier molecular flexibility index (Phi) is 3.90. The summed E-state index contributed by atoms with van der Waals surface area (Å²) in [7, 11) is 0. The first kappa shape index (κ1) is 12.2. The molecule has 0 atom stereocenters. The number of aliphatic hydroxyl groups excluding tert-OH is 1. The molecule has 1 N–H and O–H groups in total. The van der Waals surface area contributed by atoms with E-state index in [0.29, 0.717) is 5.56 Å². The predicted molar refractivity (Wildman–Crippen MR) is 63.4 cm³/mol. The predicted octanol–water partition coefficient (Wildman–Crippen LogP) is 2.88. The van der Waals surface area contributed by atoms with Gasteiger partial charge in [-0.25, -0.2) is 0 Å². The number of rotatable bonds is 3. The van der Waals surface area contributed by atoms with Gasteiger partial charge in [0.1, 0.15) is 0 Å². The third kappa shape index (κ3) is 3.33. The molecular formula is C12H14BrNO. The highest BCUT2D eigenvalue weighted by molar-refractivity contribution is 9.10. The van der Waals surface area contributed by atoms with Crippen molar-refractivity contribution in [2.45, 2.75) is 20.3 Å². The summed E-state index contributed by atoms with van der Waals surface area (Å²) < 4.78 is 0.989. The first-order valence-corrected chi connectivity index (χ1v) is 5.57. The lowest BCUT2D eigenvalue weighted by atomic mass is 9.86. The average Bonchev–Trinajstić information content (AvgIpc) is 2.21. The molecule has 0 aliphatic heterocycles. The standard InChI is InChI=1S/C12H14BrNO/c1-12(2,8-15)6-10-5-9(7-14)3-4-11(10)13/h3-5,15H,6,8H2,1-2H3. The molecule has 0 bridgehead atoms. The van der Waals surface area contributed by atoms with Crippen LogP contribution in [0.4, 0.5) is 0 Å². The fraction of sp³-hybridized carbons (Fsp3) is 0.417. The summed E-state index contributed by atoms with van der Waals surface area (Å²) in [5.74, 6) is 0. The lowest BCUT2D eigenvalue weighted by Gasteiger charge is -2.22. The van der Waals surface area contributed by atoms with Crippen molar-refractivity contribution < 1.29 is 5.11 Å². The molecule has 0 saturated carbocycles. The third-order valence-electron chi connectivity index (χ3n) is 2.27. The number of halogens is 1. The van der Waals surface area contributed by atoms with Gasteiger partial charge in [-0.3, -0.25) is 0 Å². The number of hydrogen-bond donors (Lipinski definition) is 1. The minimum Gasteiger partial charge on any atom is -0.396 e. The summed E-state index contributed by atoms with van der Waals surface area (Å²) in [6.07, 6.45) is 0.750. The quantitative estimate of drug-likeness (QED) is 0.916. The molecule has 0 aliphatic rings. The van der Waals surface area contributed by atoms with E-state index in [1.54, 1.807) is 6.07 Å². The first-order valence-electron chi connectivity index (χ1n) is 4.78. The molecule has 0 aliphatic carbocycles. The van der Waals surface area contributed by atoms with Crippen LogP contribution in [0.15, 0.2) is 22.7 Å². The molecular weight excluding hydrogens is 254 g/mol. The van der Waals surface area contributed by atoms with E-state index in [0.717, 1.165) is 16.5 Å². The van der Waals surface area contributed by atoms with Crippen LogP contribution in [0, 0.1) is 16.7 Å². The molecule has 2 nitrogen and oxygen atoms in total. The maximum atomic E-state index is 9.19. The van der Waals surface area contributed by atoms with Gasteiger partial charge in [-0.15, -0.1) is 0 Å². The SMILES string of the molecule is CC(C)(CO)Cc1cc(C#N)ccc1Br. The second kappa shape index (κ2) is 4.78. The van der Waals surface area contributed by atoms with Crippen molar-refractivity contribution in [2.75, 3.05) is 6.61 Å². The first-order chi connectivity index (χ1) is 6.98. The Hall–Kier alpha value is -0.850. The van der Waals surface area contributed by atoms with Crippen molar-refractivity contribution in [2.24, 2.45) is 5.41 Å². The topological polar surface area (TPSA) is 44.0 Å². The van der Waals surface area contributed by atoms with Crippen molar-refractivity contribution in [1.82, 2.24) is 0 Å². The van der Waals surface area contributed by atoms with Crippen LogP contribution in [-0.2, 0) is 6.42 Å². The number of nitriles is 1. The van der Waals surface area contributed by atoms with E-state index >= 15 is 0 Å². The zero-order valence-electron chi connectivity index (χ0n) is 8.92. The monoisotopic (exact) mass is 267 g/mol. The molecule has 0 spiro atoms. The highest BCUT2D eigenvalue weighted by Crippen LogP contribution is 2.27. The van der Waals surface area contributed by atoms with E-state index < -0.39 is 0 Å². The summed E-state index contributed by atoms with van der Waals surface area (Å²) in [5, 5.41) is 18.0. The Morgan fingerprint density at radius 1 is 1.47 bits per heavy atom. The van der Waals surface area contributed by atoms with Gasteiger partial charge in [-0.2, -0.15) is 5.26 Å². The van der Waals surface area contributed by atoms with E-state index in [9.17, 15) is 5.11 Å². The lowest BCUT2D eigenvalue weighted by molar-refractivity contribution is 0.159. The average molecular weight is 268 g/mol. The zero-order chi connectivity index (χ0) is 11.5. The molecule has 1 aromatic carbocycles. The molecule has 80 valence electrons. The van der Waals surface area contributed by atoms with Gasteiger partial charge in [0.25, 0.3) is 0 Å². The summed E-state index contributed by atoms with van der Waals surface area (Å²) >= 11 is 3.45. The fourth-order valence-corrected chi connectivity index (χ4v) is 1.74. The van der Waals surface area contributed by atoms with Crippen LogP contribution in [0.3, 0.4) is 0 Å². The fourth-order valence-electron chi connectivity index (χ4n) is 1.35. The van der Waals surface area contributed by atoms with Gasteiger partial charge in [0.2, 0.25) is 0 Å². The van der Waals surface area contributed by atoms with Crippen LogP contribution in [0.5, 0.6) is 0 Å². The van der Waals surface area contributed by atoms with Crippen molar-refractivity contribution in [3.63, 3.8) is 0 Å². The Morgan fingerprint density at radius 3 is 2.67 bits per heavy atom. The normalized spacial score (nSPS) is 11.1. The van der Waals surface area contributed by atoms with E-state index in [4.69, 9.17) is 5.26 Å². The van der Waals surface area contributed by atoms with E-state index in [1.807, 2.05) is 26.0 Å². The molecule has 1 rings (SSSR count). The highest BCUT2D eigenvalue weighted by atomic mass is 79.9. The van der Waals surface area contributed by atoms with Gasteiger partial charge in [-0.1, -0.05) is 29.8 Å². The largest absolute Gasteiger partial charge is 0.396 e. The Labute approximate surface area is 98.7 Å². The Bertz CT molecular complexity index is 393.